The Hall–Kier alpha value is -3.39. The lowest BCUT2D eigenvalue weighted by atomic mass is 10.1. The van der Waals surface area contributed by atoms with Crippen LogP contribution in [-0.2, 0) is 6.42 Å². The van der Waals surface area contributed by atoms with Gasteiger partial charge in [-0.25, -0.2) is 14.1 Å². The second-order valence-electron chi connectivity index (χ2n) is 6.56. The number of carbonyl (C=O) groups excluding carboxylic acids is 1. The number of halogens is 1. The largest absolute Gasteiger partial charge is 0.296 e. The first kappa shape index (κ1) is 18.9. The smallest absolute Gasteiger partial charge is 0.279 e. The molecule has 0 aliphatic heterocycles. The number of aromatic nitrogens is 4. The number of amides is 1. The van der Waals surface area contributed by atoms with Crippen molar-refractivity contribution in [2.75, 3.05) is 5.32 Å². The molecule has 0 fully saturated rings. The molecule has 0 radical (unpaired) electrons. The molecule has 0 saturated heterocycles. The highest BCUT2D eigenvalue weighted by Crippen LogP contribution is 2.26. The number of nitrogens with one attached hydrogen (secondary N) is 1. The van der Waals surface area contributed by atoms with Gasteiger partial charge in [-0.3, -0.25) is 10.1 Å². The maximum atomic E-state index is 13.1. The molecule has 0 spiro atoms. The van der Waals surface area contributed by atoms with Crippen molar-refractivity contribution < 1.29 is 9.18 Å². The lowest BCUT2D eigenvalue weighted by molar-refractivity contribution is 0.102. The molecule has 2 heterocycles. The van der Waals surface area contributed by atoms with Gasteiger partial charge in [0.05, 0.1) is 17.1 Å². The third kappa shape index (κ3) is 4.07. The summed E-state index contributed by atoms with van der Waals surface area (Å²) in [7, 11) is 0. The van der Waals surface area contributed by atoms with Crippen LogP contribution in [0, 0.1) is 19.7 Å². The SMILES string of the molecule is Cc1nc(NC(=O)c2nnn(-c3ccccc3)c2C)sc1Cc1ccc(F)cc1. The molecular weight excluding hydrogens is 389 g/mol. The van der Waals surface area contributed by atoms with Gasteiger partial charge in [-0.2, -0.15) is 0 Å². The van der Waals surface area contributed by atoms with Crippen LogP contribution in [0.5, 0.6) is 0 Å². The summed E-state index contributed by atoms with van der Waals surface area (Å²) in [6.07, 6.45) is 0.628. The summed E-state index contributed by atoms with van der Waals surface area (Å²) in [5, 5.41) is 11.4. The van der Waals surface area contributed by atoms with Crippen molar-refractivity contribution in [3.05, 3.63) is 87.9 Å². The van der Waals surface area contributed by atoms with Crippen LogP contribution >= 0.6 is 11.3 Å². The van der Waals surface area contributed by atoms with Crippen molar-refractivity contribution >= 4 is 22.4 Å². The van der Waals surface area contributed by atoms with Crippen molar-refractivity contribution in [3.8, 4) is 5.69 Å². The standard InChI is InChI=1S/C21H18FN5OS/c1-13-18(12-15-8-10-16(22)11-9-15)29-21(23-13)24-20(28)19-14(2)27(26-25-19)17-6-4-3-5-7-17/h3-11H,12H2,1-2H3,(H,23,24,28). The zero-order valence-electron chi connectivity index (χ0n) is 15.9. The van der Waals surface area contributed by atoms with E-state index >= 15 is 0 Å². The number of anilines is 1. The number of para-hydroxylation sites is 1. The number of thiazole rings is 1. The molecule has 2 aromatic carbocycles. The van der Waals surface area contributed by atoms with E-state index in [2.05, 4.69) is 20.6 Å². The Labute approximate surface area is 171 Å². The topological polar surface area (TPSA) is 72.7 Å². The van der Waals surface area contributed by atoms with Gasteiger partial charge in [0.1, 0.15) is 5.82 Å². The summed E-state index contributed by atoms with van der Waals surface area (Å²) < 4.78 is 14.7. The highest BCUT2D eigenvalue weighted by molar-refractivity contribution is 7.15. The minimum Gasteiger partial charge on any atom is -0.296 e. The molecular formula is C21H18FN5OS. The van der Waals surface area contributed by atoms with E-state index in [9.17, 15) is 9.18 Å². The molecule has 4 aromatic rings. The van der Waals surface area contributed by atoms with Crippen LogP contribution in [0.1, 0.15) is 32.3 Å². The molecule has 0 bridgehead atoms. The summed E-state index contributed by atoms with van der Waals surface area (Å²) in [5.41, 5.74) is 3.55. The van der Waals surface area contributed by atoms with Crippen LogP contribution in [0.25, 0.3) is 5.69 Å². The molecule has 8 heteroatoms. The van der Waals surface area contributed by atoms with Crippen molar-refractivity contribution in [1.29, 1.82) is 0 Å². The summed E-state index contributed by atoms with van der Waals surface area (Å²) in [4.78, 5) is 18.1. The monoisotopic (exact) mass is 407 g/mol. The van der Waals surface area contributed by atoms with Crippen molar-refractivity contribution in [1.82, 2.24) is 20.0 Å². The highest BCUT2D eigenvalue weighted by atomic mass is 32.1. The molecule has 0 atom stereocenters. The average molecular weight is 407 g/mol. The lowest BCUT2D eigenvalue weighted by Crippen LogP contribution is -2.14. The van der Waals surface area contributed by atoms with Crippen molar-refractivity contribution in [2.45, 2.75) is 20.3 Å². The van der Waals surface area contributed by atoms with E-state index in [-0.39, 0.29) is 17.4 Å². The molecule has 1 N–H and O–H groups in total. The molecule has 0 aliphatic rings. The Balaban J connectivity index is 1.51. The summed E-state index contributed by atoms with van der Waals surface area (Å²) >= 11 is 1.40. The normalized spacial score (nSPS) is 10.9. The van der Waals surface area contributed by atoms with Crippen LogP contribution in [-0.4, -0.2) is 25.9 Å². The maximum Gasteiger partial charge on any atom is 0.279 e. The Morgan fingerprint density at radius 3 is 2.55 bits per heavy atom. The second kappa shape index (κ2) is 7.92. The molecule has 6 nitrogen and oxygen atoms in total. The van der Waals surface area contributed by atoms with Gasteiger partial charge in [-0.15, -0.1) is 16.4 Å². The molecule has 0 saturated carbocycles. The Kier molecular flexibility index (Phi) is 5.18. The minimum absolute atomic E-state index is 0.252. The van der Waals surface area contributed by atoms with Crippen LogP contribution in [0.2, 0.25) is 0 Å². The second-order valence-corrected chi connectivity index (χ2v) is 7.64. The number of hydrogen-bond acceptors (Lipinski definition) is 5. The molecule has 29 heavy (non-hydrogen) atoms. The van der Waals surface area contributed by atoms with E-state index in [0.717, 1.165) is 21.8 Å². The minimum atomic E-state index is -0.355. The summed E-state index contributed by atoms with van der Waals surface area (Å²) in [6.45, 7) is 3.69. The number of carbonyl (C=O) groups is 1. The quantitative estimate of drug-likeness (QED) is 0.535. The zero-order valence-corrected chi connectivity index (χ0v) is 16.7. The maximum absolute atomic E-state index is 13.1. The number of rotatable bonds is 5. The van der Waals surface area contributed by atoms with E-state index in [0.29, 0.717) is 17.2 Å². The van der Waals surface area contributed by atoms with Crippen LogP contribution < -0.4 is 5.32 Å². The van der Waals surface area contributed by atoms with Crippen LogP contribution in [0.15, 0.2) is 54.6 Å². The van der Waals surface area contributed by atoms with E-state index in [1.54, 1.807) is 23.7 Å². The zero-order chi connectivity index (χ0) is 20.4. The highest BCUT2D eigenvalue weighted by Gasteiger charge is 2.19. The first-order valence-electron chi connectivity index (χ1n) is 9.01. The van der Waals surface area contributed by atoms with Crippen molar-refractivity contribution in [2.24, 2.45) is 0 Å². The van der Waals surface area contributed by atoms with E-state index in [1.165, 1.54) is 23.5 Å². The number of nitrogens with zero attached hydrogens (tertiary/aromatic N) is 4. The predicted molar refractivity (Wildman–Crippen MR) is 110 cm³/mol. The van der Waals surface area contributed by atoms with Gasteiger partial charge in [-0.1, -0.05) is 35.5 Å². The first-order valence-corrected chi connectivity index (χ1v) is 9.83. The lowest BCUT2D eigenvalue weighted by Gasteiger charge is -2.03. The number of benzene rings is 2. The van der Waals surface area contributed by atoms with Crippen molar-refractivity contribution in [3.63, 3.8) is 0 Å². The predicted octanol–water partition coefficient (Wildman–Crippen LogP) is 4.32. The van der Waals surface area contributed by atoms with E-state index in [4.69, 9.17) is 0 Å². The van der Waals surface area contributed by atoms with Crippen LogP contribution in [0.3, 0.4) is 0 Å². The fourth-order valence-electron chi connectivity index (χ4n) is 2.94. The van der Waals surface area contributed by atoms with Gasteiger partial charge in [0, 0.05) is 11.3 Å². The molecule has 1 amide bonds. The van der Waals surface area contributed by atoms with Gasteiger partial charge >= 0.3 is 0 Å². The van der Waals surface area contributed by atoms with Gasteiger partial charge in [0.15, 0.2) is 10.8 Å². The Morgan fingerprint density at radius 2 is 1.83 bits per heavy atom. The van der Waals surface area contributed by atoms with Gasteiger partial charge in [-0.05, 0) is 43.7 Å². The molecule has 0 aliphatic carbocycles. The number of aryl methyl sites for hydroxylation is 1. The van der Waals surface area contributed by atoms with Gasteiger partial charge in [0.2, 0.25) is 0 Å². The fraction of sp³-hybridized carbons (Fsp3) is 0.143. The summed E-state index contributed by atoms with van der Waals surface area (Å²) in [6, 6.07) is 15.9. The molecule has 146 valence electrons. The average Bonchev–Trinajstić information content (AvgIpc) is 3.26. The van der Waals surface area contributed by atoms with E-state index in [1.807, 2.05) is 37.3 Å². The summed E-state index contributed by atoms with van der Waals surface area (Å²) in [5.74, 6) is -0.617. The molecule has 0 unspecified atom stereocenters. The third-order valence-electron chi connectivity index (χ3n) is 4.50. The number of hydrogen-bond donors (Lipinski definition) is 1. The molecule has 2 aromatic heterocycles. The third-order valence-corrected chi connectivity index (χ3v) is 5.57. The van der Waals surface area contributed by atoms with E-state index < -0.39 is 0 Å². The van der Waals surface area contributed by atoms with Gasteiger partial charge < -0.3 is 0 Å². The Bertz CT molecular complexity index is 1150. The van der Waals surface area contributed by atoms with Crippen LogP contribution in [0.4, 0.5) is 9.52 Å². The van der Waals surface area contributed by atoms with Gasteiger partial charge in [0.25, 0.3) is 5.91 Å². The first-order chi connectivity index (χ1) is 14.0. The fourth-order valence-corrected chi connectivity index (χ4v) is 3.93. The Morgan fingerprint density at radius 1 is 1.10 bits per heavy atom. The molecule has 4 rings (SSSR count).